The molecule has 0 radical (unpaired) electrons. The molecule has 0 saturated heterocycles. The van der Waals surface area contributed by atoms with Crippen molar-refractivity contribution in [2.45, 2.75) is 37.1 Å². The van der Waals surface area contributed by atoms with Crippen molar-refractivity contribution in [1.82, 2.24) is 10.1 Å². The highest BCUT2D eigenvalue weighted by atomic mass is 35.5. The Hall–Kier alpha value is -3.11. The molecule has 2 aliphatic rings. The van der Waals surface area contributed by atoms with E-state index in [0.717, 1.165) is 12.8 Å². The summed E-state index contributed by atoms with van der Waals surface area (Å²) in [5, 5.41) is 4.48. The number of anilines is 2. The van der Waals surface area contributed by atoms with E-state index in [9.17, 15) is 13.2 Å². The average molecular weight is 475 g/mol. The van der Waals surface area contributed by atoms with Gasteiger partial charge < -0.3 is 9.26 Å². The van der Waals surface area contributed by atoms with Crippen LogP contribution in [0.15, 0.2) is 45.8 Å². The van der Waals surface area contributed by atoms with Gasteiger partial charge in [-0.1, -0.05) is 16.8 Å². The maximum atomic E-state index is 13.0. The highest BCUT2D eigenvalue weighted by Crippen LogP contribution is 2.40. The van der Waals surface area contributed by atoms with Crippen LogP contribution in [-0.2, 0) is 21.4 Å². The fraction of sp³-hybridized carbons (Fsp3) is 0.286. The van der Waals surface area contributed by atoms with Crippen molar-refractivity contribution in [2.24, 2.45) is 0 Å². The Kier molecular flexibility index (Phi) is 5.06. The van der Waals surface area contributed by atoms with Crippen molar-refractivity contribution in [2.75, 3.05) is 16.2 Å². The molecule has 1 N–H and O–H groups in total. The first-order valence-corrected chi connectivity index (χ1v) is 11.8. The molecule has 9 nitrogen and oxygen atoms in total. The summed E-state index contributed by atoms with van der Waals surface area (Å²) in [6.07, 6.45) is 2.06. The zero-order valence-corrected chi connectivity index (χ0v) is 18.6. The third kappa shape index (κ3) is 4.03. The SMILES string of the molecule is Cc1cc2c(cc1S(=O)(=O)Nc1ccc(Cl)cc1)OCC(=O)N2Cc1noc(C2CC2)n1. The van der Waals surface area contributed by atoms with E-state index in [1.54, 1.807) is 37.3 Å². The highest BCUT2D eigenvalue weighted by molar-refractivity contribution is 7.92. The molecule has 5 rings (SSSR count). The number of benzene rings is 2. The zero-order valence-electron chi connectivity index (χ0n) is 17.0. The quantitative estimate of drug-likeness (QED) is 0.580. The van der Waals surface area contributed by atoms with Gasteiger partial charge in [-0.2, -0.15) is 4.98 Å². The van der Waals surface area contributed by atoms with E-state index in [0.29, 0.717) is 39.6 Å². The molecule has 1 aliphatic heterocycles. The first kappa shape index (κ1) is 20.8. The van der Waals surface area contributed by atoms with E-state index in [4.69, 9.17) is 20.9 Å². The lowest BCUT2D eigenvalue weighted by Crippen LogP contribution is -2.38. The molecule has 0 bridgehead atoms. The summed E-state index contributed by atoms with van der Waals surface area (Å²) in [7, 11) is -3.90. The molecule has 1 amide bonds. The number of hydrogen-bond acceptors (Lipinski definition) is 7. The number of ether oxygens (including phenoxy) is 1. The number of carbonyl (C=O) groups excluding carboxylic acids is 1. The molecule has 0 atom stereocenters. The van der Waals surface area contributed by atoms with Gasteiger partial charge in [-0.15, -0.1) is 0 Å². The Bertz CT molecular complexity index is 1300. The molecular weight excluding hydrogens is 456 g/mol. The monoisotopic (exact) mass is 474 g/mol. The molecule has 1 aromatic heterocycles. The van der Waals surface area contributed by atoms with E-state index in [-0.39, 0.29) is 29.7 Å². The van der Waals surface area contributed by atoms with Crippen LogP contribution in [0.4, 0.5) is 11.4 Å². The fourth-order valence-electron chi connectivity index (χ4n) is 3.49. The van der Waals surface area contributed by atoms with Crippen LogP contribution in [0.3, 0.4) is 0 Å². The molecule has 32 heavy (non-hydrogen) atoms. The third-order valence-electron chi connectivity index (χ3n) is 5.30. The van der Waals surface area contributed by atoms with E-state index in [1.807, 2.05) is 0 Å². The Balaban J connectivity index is 1.44. The number of aryl methyl sites for hydroxylation is 1. The summed E-state index contributed by atoms with van der Waals surface area (Å²) in [6.45, 7) is 1.56. The van der Waals surface area contributed by atoms with Crippen LogP contribution in [0.2, 0.25) is 5.02 Å². The Labute approximate surface area is 189 Å². The van der Waals surface area contributed by atoms with Crippen LogP contribution >= 0.6 is 11.6 Å². The van der Waals surface area contributed by atoms with Crippen molar-refractivity contribution in [3.8, 4) is 5.75 Å². The summed E-state index contributed by atoms with van der Waals surface area (Å²) in [5.74, 6) is 1.31. The van der Waals surface area contributed by atoms with Gasteiger partial charge >= 0.3 is 0 Å². The van der Waals surface area contributed by atoms with Gasteiger partial charge in [0.15, 0.2) is 12.4 Å². The lowest BCUT2D eigenvalue weighted by molar-refractivity contribution is -0.121. The minimum absolute atomic E-state index is 0.0519. The normalized spacial score (nSPS) is 15.9. The van der Waals surface area contributed by atoms with Crippen LogP contribution in [0.5, 0.6) is 5.75 Å². The molecule has 3 aromatic rings. The molecule has 1 fully saturated rings. The Morgan fingerprint density at radius 3 is 2.69 bits per heavy atom. The summed E-state index contributed by atoms with van der Waals surface area (Å²) in [5.41, 5.74) is 1.30. The predicted octanol–water partition coefficient (Wildman–Crippen LogP) is 3.64. The summed E-state index contributed by atoms with van der Waals surface area (Å²) < 4.78 is 39.3. The van der Waals surface area contributed by atoms with Gasteiger partial charge in [-0.25, -0.2) is 8.42 Å². The summed E-state index contributed by atoms with van der Waals surface area (Å²) >= 11 is 5.87. The number of sulfonamides is 1. The van der Waals surface area contributed by atoms with Gasteiger partial charge in [0.05, 0.1) is 17.1 Å². The number of hydrogen-bond donors (Lipinski definition) is 1. The molecule has 11 heteroatoms. The topological polar surface area (TPSA) is 115 Å². The highest BCUT2D eigenvalue weighted by Gasteiger charge is 2.32. The number of halogens is 1. The Morgan fingerprint density at radius 2 is 1.97 bits per heavy atom. The van der Waals surface area contributed by atoms with Gasteiger partial charge in [-0.3, -0.25) is 14.4 Å². The zero-order chi connectivity index (χ0) is 22.5. The summed E-state index contributed by atoms with van der Waals surface area (Å²) in [6, 6.07) is 9.38. The van der Waals surface area contributed by atoms with Gasteiger partial charge in [0, 0.05) is 22.7 Å². The van der Waals surface area contributed by atoms with Gasteiger partial charge in [0.25, 0.3) is 15.9 Å². The molecule has 1 saturated carbocycles. The first-order chi connectivity index (χ1) is 15.3. The number of aromatic nitrogens is 2. The lowest BCUT2D eigenvalue weighted by Gasteiger charge is -2.29. The molecule has 2 heterocycles. The largest absolute Gasteiger partial charge is 0.482 e. The molecule has 1 aliphatic carbocycles. The van der Waals surface area contributed by atoms with Gasteiger partial charge in [0.1, 0.15) is 5.75 Å². The number of amides is 1. The van der Waals surface area contributed by atoms with Crippen LogP contribution in [0.25, 0.3) is 0 Å². The second-order valence-electron chi connectivity index (χ2n) is 7.79. The smallest absolute Gasteiger partial charge is 0.265 e. The average Bonchev–Trinajstić information content (AvgIpc) is 3.50. The second-order valence-corrected chi connectivity index (χ2v) is 9.88. The molecule has 0 spiro atoms. The third-order valence-corrected chi connectivity index (χ3v) is 7.07. The van der Waals surface area contributed by atoms with E-state index < -0.39 is 10.0 Å². The number of rotatable bonds is 6. The van der Waals surface area contributed by atoms with Gasteiger partial charge in [0.2, 0.25) is 5.89 Å². The van der Waals surface area contributed by atoms with E-state index in [2.05, 4.69) is 14.9 Å². The van der Waals surface area contributed by atoms with Crippen LogP contribution in [0.1, 0.15) is 36.0 Å². The van der Waals surface area contributed by atoms with Crippen molar-refractivity contribution < 1.29 is 22.5 Å². The Morgan fingerprint density at radius 1 is 1.22 bits per heavy atom. The molecule has 0 unspecified atom stereocenters. The number of carbonyl (C=O) groups is 1. The van der Waals surface area contributed by atoms with E-state index >= 15 is 0 Å². The van der Waals surface area contributed by atoms with Crippen molar-refractivity contribution in [3.63, 3.8) is 0 Å². The van der Waals surface area contributed by atoms with Gasteiger partial charge in [-0.05, 0) is 55.7 Å². The number of fused-ring (bicyclic) bond motifs is 1. The number of nitrogens with one attached hydrogen (secondary N) is 1. The van der Waals surface area contributed by atoms with Crippen LogP contribution in [-0.4, -0.2) is 31.1 Å². The van der Waals surface area contributed by atoms with Crippen LogP contribution in [0, 0.1) is 6.92 Å². The van der Waals surface area contributed by atoms with Crippen LogP contribution < -0.4 is 14.4 Å². The predicted molar refractivity (Wildman–Crippen MR) is 116 cm³/mol. The molecule has 2 aromatic carbocycles. The molecule has 166 valence electrons. The van der Waals surface area contributed by atoms with Crippen molar-refractivity contribution in [3.05, 3.63) is 58.7 Å². The first-order valence-electron chi connectivity index (χ1n) is 9.99. The summed E-state index contributed by atoms with van der Waals surface area (Å²) in [4.78, 5) is 18.5. The maximum absolute atomic E-state index is 13.0. The minimum Gasteiger partial charge on any atom is -0.482 e. The lowest BCUT2D eigenvalue weighted by atomic mass is 10.1. The fourth-order valence-corrected chi connectivity index (χ4v) is 4.92. The minimum atomic E-state index is -3.90. The number of nitrogens with zero attached hydrogens (tertiary/aromatic N) is 3. The standard InChI is InChI=1S/C21H19ClN4O5S/c1-12-8-16-17(9-18(12)32(28,29)25-15-6-4-14(22)5-7-15)30-11-20(27)26(16)10-19-23-21(31-24-19)13-2-3-13/h4-9,13,25H,2-3,10-11H2,1H3. The molecular formula is C21H19ClN4O5S. The van der Waals surface area contributed by atoms with Crippen molar-refractivity contribution in [1.29, 1.82) is 0 Å². The van der Waals surface area contributed by atoms with Crippen molar-refractivity contribution >= 4 is 38.9 Å². The maximum Gasteiger partial charge on any atom is 0.265 e. The second kappa shape index (κ2) is 7.79. The van der Waals surface area contributed by atoms with E-state index in [1.165, 1.54) is 11.0 Å².